The average Bonchev–Trinajstić information content (AvgIpc) is 2.55. The highest BCUT2D eigenvalue weighted by atomic mass is 16.4. The fourth-order valence-electron chi connectivity index (χ4n) is 2.27. The van der Waals surface area contributed by atoms with Crippen LogP contribution in [0.5, 0.6) is 0 Å². The van der Waals surface area contributed by atoms with Crippen LogP contribution in [0.4, 0.5) is 11.4 Å². The normalized spacial score (nSPS) is 18.9. The van der Waals surface area contributed by atoms with Gasteiger partial charge in [-0.25, -0.2) is 4.79 Å². The van der Waals surface area contributed by atoms with Crippen LogP contribution in [-0.4, -0.2) is 34.6 Å². The number of fused-ring (bicyclic) bond motifs is 1. The molecule has 0 saturated heterocycles. The number of carbonyl (C=O) groups is 2. The third-order valence-corrected chi connectivity index (χ3v) is 3.15. The number of carboxylic acid groups (broad SMARTS) is 1. The van der Waals surface area contributed by atoms with E-state index in [1.54, 1.807) is 20.3 Å². The third kappa shape index (κ3) is 1.56. The second-order valence-electron chi connectivity index (χ2n) is 4.18. The number of anilines is 2. The van der Waals surface area contributed by atoms with E-state index in [-0.39, 0.29) is 17.6 Å². The molecular formula is C11H15N3O3. The van der Waals surface area contributed by atoms with Crippen LogP contribution < -0.4 is 10.2 Å². The molecule has 2 heterocycles. The Hall–Kier alpha value is -1.98. The fraction of sp³-hybridized carbons (Fsp3) is 0.455. The van der Waals surface area contributed by atoms with Crippen molar-refractivity contribution in [1.82, 2.24) is 4.57 Å². The summed E-state index contributed by atoms with van der Waals surface area (Å²) >= 11 is 0. The summed E-state index contributed by atoms with van der Waals surface area (Å²) in [7, 11) is 3.46. The van der Waals surface area contributed by atoms with Crippen molar-refractivity contribution in [2.24, 2.45) is 7.05 Å². The first kappa shape index (κ1) is 11.5. The smallest absolute Gasteiger partial charge is 0.354 e. The van der Waals surface area contributed by atoms with Gasteiger partial charge in [-0.15, -0.1) is 0 Å². The van der Waals surface area contributed by atoms with Gasteiger partial charge in [0, 0.05) is 20.3 Å². The summed E-state index contributed by atoms with van der Waals surface area (Å²) in [5, 5.41) is 11.8. The van der Waals surface area contributed by atoms with E-state index in [0.29, 0.717) is 12.1 Å². The van der Waals surface area contributed by atoms with Crippen LogP contribution >= 0.6 is 0 Å². The molecular weight excluding hydrogens is 222 g/mol. The number of nitrogens with one attached hydrogen (secondary N) is 1. The second kappa shape index (κ2) is 3.80. The molecule has 17 heavy (non-hydrogen) atoms. The molecule has 0 radical (unpaired) electrons. The molecule has 1 aromatic heterocycles. The molecule has 2 rings (SSSR count). The zero-order valence-electron chi connectivity index (χ0n) is 10.0. The zero-order valence-corrected chi connectivity index (χ0v) is 10.0. The summed E-state index contributed by atoms with van der Waals surface area (Å²) in [6.45, 7) is 1.92. The molecule has 1 unspecified atom stereocenters. The predicted octanol–water partition coefficient (Wildman–Crippen LogP) is 0.890. The summed E-state index contributed by atoms with van der Waals surface area (Å²) in [5.74, 6) is -1.20. The minimum Gasteiger partial charge on any atom is -0.477 e. The number of carbonyl (C=O) groups excluding carboxylic acids is 1. The van der Waals surface area contributed by atoms with Crippen molar-refractivity contribution < 1.29 is 14.7 Å². The van der Waals surface area contributed by atoms with Gasteiger partial charge in [-0.05, 0) is 6.42 Å². The van der Waals surface area contributed by atoms with Crippen molar-refractivity contribution in [3.63, 3.8) is 0 Å². The van der Waals surface area contributed by atoms with E-state index in [9.17, 15) is 9.59 Å². The molecule has 1 atom stereocenters. The highest BCUT2D eigenvalue weighted by molar-refractivity contribution is 6.09. The van der Waals surface area contributed by atoms with Crippen molar-refractivity contribution in [2.45, 2.75) is 19.4 Å². The highest BCUT2D eigenvalue weighted by Gasteiger charge is 2.34. The Morgan fingerprint density at radius 1 is 1.53 bits per heavy atom. The lowest BCUT2D eigenvalue weighted by atomic mass is 10.1. The summed E-state index contributed by atoms with van der Waals surface area (Å²) < 4.78 is 1.52. The number of rotatable bonds is 2. The lowest BCUT2D eigenvalue weighted by molar-refractivity contribution is -0.117. The number of aryl methyl sites for hydroxylation is 1. The molecule has 92 valence electrons. The van der Waals surface area contributed by atoms with E-state index in [2.05, 4.69) is 5.32 Å². The Morgan fingerprint density at radius 2 is 2.18 bits per heavy atom. The van der Waals surface area contributed by atoms with Crippen molar-refractivity contribution in [2.75, 3.05) is 17.3 Å². The van der Waals surface area contributed by atoms with Gasteiger partial charge in [0.2, 0.25) is 5.91 Å². The maximum absolute atomic E-state index is 11.8. The van der Waals surface area contributed by atoms with Gasteiger partial charge >= 0.3 is 5.97 Å². The minimum atomic E-state index is -1.04. The maximum atomic E-state index is 11.8. The molecule has 0 spiro atoms. The number of aromatic nitrogens is 1. The lowest BCUT2D eigenvalue weighted by Crippen LogP contribution is -2.45. The Morgan fingerprint density at radius 3 is 2.71 bits per heavy atom. The summed E-state index contributed by atoms with van der Waals surface area (Å²) in [4.78, 5) is 24.8. The average molecular weight is 237 g/mol. The number of carboxylic acids is 1. The van der Waals surface area contributed by atoms with Crippen molar-refractivity contribution in [1.29, 1.82) is 0 Å². The van der Waals surface area contributed by atoms with Crippen LogP contribution in [0, 0.1) is 0 Å². The van der Waals surface area contributed by atoms with Gasteiger partial charge in [0.25, 0.3) is 0 Å². The lowest BCUT2D eigenvalue weighted by Gasteiger charge is -2.32. The Balaban J connectivity index is 2.56. The van der Waals surface area contributed by atoms with Gasteiger partial charge in [0.1, 0.15) is 6.04 Å². The molecule has 1 aliphatic heterocycles. The maximum Gasteiger partial charge on any atom is 0.354 e. The monoisotopic (exact) mass is 237 g/mol. The van der Waals surface area contributed by atoms with Gasteiger partial charge in [-0.2, -0.15) is 0 Å². The van der Waals surface area contributed by atoms with Crippen LogP contribution in [-0.2, 0) is 11.8 Å². The molecule has 0 aromatic carbocycles. The van der Waals surface area contributed by atoms with Crippen LogP contribution in [0.3, 0.4) is 0 Å². The standard InChI is InChI=1S/C11H15N3O3/c1-4-6-10(15)12-8-7(14(6)3)5-13(2)9(8)11(16)17/h5-6H,4H2,1-3H3,(H,12,15)(H,16,17). The number of aromatic carboxylic acids is 1. The van der Waals surface area contributed by atoms with E-state index in [1.165, 1.54) is 4.57 Å². The second-order valence-corrected chi connectivity index (χ2v) is 4.18. The predicted molar refractivity (Wildman–Crippen MR) is 63.5 cm³/mol. The molecule has 0 aliphatic carbocycles. The van der Waals surface area contributed by atoms with Gasteiger partial charge in [0.15, 0.2) is 5.69 Å². The van der Waals surface area contributed by atoms with Crippen LogP contribution in [0.1, 0.15) is 23.8 Å². The quantitative estimate of drug-likeness (QED) is 0.801. The van der Waals surface area contributed by atoms with Crippen LogP contribution in [0.25, 0.3) is 0 Å². The molecule has 1 aromatic rings. The third-order valence-electron chi connectivity index (χ3n) is 3.15. The molecule has 0 bridgehead atoms. The zero-order chi connectivity index (χ0) is 12.7. The van der Waals surface area contributed by atoms with Crippen molar-refractivity contribution in [3.05, 3.63) is 11.9 Å². The number of hydrogen-bond acceptors (Lipinski definition) is 3. The SMILES string of the molecule is CCC1C(=O)Nc2c(cn(C)c2C(=O)O)N1C. The molecule has 1 aliphatic rings. The molecule has 1 amide bonds. The number of hydrogen-bond donors (Lipinski definition) is 2. The molecule has 0 saturated carbocycles. The topological polar surface area (TPSA) is 74.6 Å². The van der Waals surface area contributed by atoms with E-state index < -0.39 is 5.97 Å². The van der Waals surface area contributed by atoms with Gasteiger partial charge in [-0.3, -0.25) is 4.79 Å². The number of likely N-dealkylation sites (N-methyl/N-ethyl adjacent to an activating group) is 1. The van der Waals surface area contributed by atoms with Gasteiger partial charge in [0.05, 0.1) is 11.4 Å². The number of nitrogens with zero attached hydrogens (tertiary/aromatic N) is 2. The first-order valence-corrected chi connectivity index (χ1v) is 5.43. The highest BCUT2D eigenvalue weighted by Crippen LogP contribution is 2.36. The van der Waals surface area contributed by atoms with E-state index in [0.717, 1.165) is 5.69 Å². The Bertz CT molecular complexity index is 492. The van der Waals surface area contributed by atoms with Crippen LogP contribution in [0.15, 0.2) is 6.20 Å². The summed E-state index contributed by atoms with van der Waals surface area (Å²) in [6, 6.07) is -0.244. The molecule has 6 heteroatoms. The van der Waals surface area contributed by atoms with E-state index in [4.69, 9.17) is 5.11 Å². The number of amides is 1. The van der Waals surface area contributed by atoms with Gasteiger partial charge < -0.3 is 19.9 Å². The summed E-state index contributed by atoms with van der Waals surface area (Å²) in [6.07, 6.45) is 2.40. The fourth-order valence-corrected chi connectivity index (χ4v) is 2.27. The van der Waals surface area contributed by atoms with Crippen LogP contribution in [0.2, 0.25) is 0 Å². The summed E-state index contributed by atoms with van der Waals surface area (Å²) in [5.41, 5.74) is 1.24. The Labute approximate surface area is 98.8 Å². The minimum absolute atomic E-state index is 0.106. The largest absolute Gasteiger partial charge is 0.477 e. The molecule has 2 N–H and O–H groups in total. The van der Waals surface area contributed by atoms with Crippen molar-refractivity contribution >= 4 is 23.3 Å². The van der Waals surface area contributed by atoms with E-state index >= 15 is 0 Å². The molecule has 6 nitrogen and oxygen atoms in total. The van der Waals surface area contributed by atoms with E-state index in [1.807, 2.05) is 11.8 Å². The first-order valence-electron chi connectivity index (χ1n) is 5.43. The van der Waals surface area contributed by atoms with Gasteiger partial charge in [-0.1, -0.05) is 6.92 Å². The first-order chi connectivity index (χ1) is 7.97. The Kier molecular flexibility index (Phi) is 2.57. The van der Waals surface area contributed by atoms with Crippen molar-refractivity contribution in [3.8, 4) is 0 Å². The molecule has 0 fully saturated rings.